The third-order valence-electron chi connectivity index (χ3n) is 2.41. The lowest BCUT2D eigenvalue weighted by atomic mass is 10.1. The number of ether oxygens (including phenoxy) is 1. The molecule has 2 rings (SSSR count). The molecule has 1 saturated heterocycles. The highest BCUT2D eigenvalue weighted by molar-refractivity contribution is 5.86. The maximum absolute atomic E-state index is 10.6. The summed E-state index contributed by atoms with van der Waals surface area (Å²) in [5.41, 5.74) is 0.247. The summed E-state index contributed by atoms with van der Waals surface area (Å²) in [4.78, 5) is 10.6. The number of carbonyl (C=O) groups is 1. The van der Waals surface area contributed by atoms with Gasteiger partial charge in [0.25, 0.3) is 0 Å². The Morgan fingerprint density at radius 3 is 2.86 bits per heavy atom. The van der Waals surface area contributed by atoms with Gasteiger partial charge in [-0.1, -0.05) is 0 Å². The van der Waals surface area contributed by atoms with E-state index in [1.165, 1.54) is 6.20 Å². The molecule has 1 aromatic heterocycles. The van der Waals surface area contributed by atoms with E-state index in [0.717, 1.165) is 26.1 Å². The molecule has 76 valence electrons. The Kier molecular flexibility index (Phi) is 2.49. The first-order chi connectivity index (χ1) is 6.77. The van der Waals surface area contributed by atoms with Crippen molar-refractivity contribution in [3.8, 4) is 0 Å². The number of nitrogens with zero attached hydrogens (tertiary/aromatic N) is 2. The predicted molar refractivity (Wildman–Crippen MR) is 48.3 cm³/mol. The summed E-state index contributed by atoms with van der Waals surface area (Å²) in [5, 5.41) is 12.8. The average Bonchev–Trinajstić information content (AvgIpc) is 2.68. The van der Waals surface area contributed by atoms with Crippen molar-refractivity contribution in [1.29, 1.82) is 0 Å². The van der Waals surface area contributed by atoms with Crippen molar-refractivity contribution >= 4 is 5.97 Å². The van der Waals surface area contributed by atoms with Crippen molar-refractivity contribution < 1.29 is 14.6 Å². The van der Waals surface area contributed by atoms with E-state index in [1.54, 1.807) is 10.9 Å². The summed E-state index contributed by atoms with van der Waals surface area (Å²) in [6.45, 7) is 1.46. The van der Waals surface area contributed by atoms with Crippen LogP contribution in [-0.4, -0.2) is 34.1 Å². The van der Waals surface area contributed by atoms with Crippen LogP contribution in [0.2, 0.25) is 0 Å². The predicted octanol–water partition coefficient (Wildman–Crippen LogP) is 0.933. The summed E-state index contributed by atoms with van der Waals surface area (Å²) in [7, 11) is 0. The van der Waals surface area contributed by atoms with Gasteiger partial charge in [0.15, 0.2) is 0 Å². The minimum Gasteiger partial charge on any atom is -0.478 e. The molecule has 14 heavy (non-hydrogen) atoms. The van der Waals surface area contributed by atoms with E-state index in [2.05, 4.69) is 5.10 Å². The highest BCUT2D eigenvalue weighted by atomic mass is 16.5. The second kappa shape index (κ2) is 3.79. The van der Waals surface area contributed by atoms with Crippen LogP contribution in [0.15, 0.2) is 12.4 Å². The molecule has 0 atom stereocenters. The minimum absolute atomic E-state index is 0.247. The Bertz CT molecular complexity index is 329. The smallest absolute Gasteiger partial charge is 0.338 e. The number of hydrogen-bond acceptors (Lipinski definition) is 3. The van der Waals surface area contributed by atoms with Gasteiger partial charge in [-0.15, -0.1) is 0 Å². The number of rotatable bonds is 2. The van der Waals surface area contributed by atoms with Crippen molar-refractivity contribution in [3.05, 3.63) is 18.0 Å². The fourth-order valence-electron chi connectivity index (χ4n) is 1.60. The van der Waals surface area contributed by atoms with Crippen LogP contribution in [0.1, 0.15) is 29.2 Å². The van der Waals surface area contributed by atoms with E-state index >= 15 is 0 Å². The molecule has 0 aliphatic carbocycles. The van der Waals surface area contributed by atoms with Crippen LogP contribution >= 0.6 is 0 Å². The molecule has 1 aromatic rings. The third-order valence-corrected chi connectivity index (χ3v) is 2.41. The lowest BCUT2D eigenvalue weighted by Crippen LogP contribution is -2.19. The minimum atomic E-state index is -0.927. The molecule has 1 N–H and O–H groups in total. The summed E-state index contributed by atoms with van der Waals surface area (Å²) in [6, 6.07) is 0.289. The Hall–Kier alpha value is -1.36. The van der Waals surface area contributed by atoms with Crippen molar-refractivity contribution in [2.45, 2.75) is 18.9 Å². The third kappa shape index (κ3) is 1.77. The molecule has 0 spiro atoms. The molecule has 0 bridgehead atoms. The lowest BCUT2D eigenvalue weighted by Gasteiger charge is -2.22. The largest absolute Gasteiger partial charge is 0.478 e. The van der Waals surface area contributed by atoms with E-state index in [0.29, 0.717) is 0 Å². The fourth-order valence-corrected chi connectivity index (χ4v) is 1.60. The number of aromatic nitrogens is 2. The van der Waals surface area contributed by atoms with E-state index in [1.807, 2.05) is 0 Å². The van der Waals surface area contributed by atoms with Gasteiger partial charge in [-0.2, -0.15) is 5.10 Å². The molecule has 0 radical (unpaired) electrons. The van der Waals surface area contributed by atoms with Crippen molar-refractivity contribution in [1.82, 2.24) is 9.78 Å². The number of carboxylic acids is 1. The Morgan fingerprint density at radius 1 is 1.57 bits per heavy atom. The molecule has 0 saturated carbocycles. The SMILES string of the molecule is O=C(O)c1cnn(C2CCOCC2)c1. The van der Waals surface area contributed by atoms with Gasteiger partial charge in [-0.05, 0) is 12.8 Å². The van der Waals surface area contributed by atoms with Crippen LogP contribution in [-0.2, 0) is 4.74 Å². The second-order valence-corrected chi connectivity index (χ2v) is 3.36. The number of aromatic carboxylic acids is 1. The zero-order chi connectivity index (χ0) is 9.97. The Morgan fingerprint density at radius 2 is 2.29 bits per heavy atom. The van der Waals surface area contributed by atoms with E-state index < -0.39 is 5.97 Å². The van der Waals surface area contributed by atoms with Crippen LogP contribution in [0.3, 0.4) is 0 Å². The molecule has 0 amide bonds. The van der Waals surface area contributed by atoms with Gasteiger partial charge in [0.2, 0.25) is 0 Å². The number of carboxylic acid groups (broad SMARTS) is 1. The topological polar surface area (TPSA) is 64.3 Å². The molecule has 2 heterocycles. The first-order valence-corrected chi connectivity index (χ1v) is 4.62. The quantitative estimate of drug-likeness (QED) is 0.764. The maximum atomic E-state index is 10.6. The van der Waals surface area contributed by atoms with Gasteiger partial charge in [0.05, 0.1) is 17.8 Å². The average molecular weight is 196 g/mol. The highest BCUT2D eigenvalue weighted by Crippen LogP contribution is 2.19. The second-order valence-electron chi connectivity index (χ2n) is 3.36. The summed E-state index contributed by atoms with van der Waals surface area (Å²) in [6.07, 6.45) is 4.78. The van der Waals surface area contributed by atoms with Gasteiger partial charge >= 0.3 is 5.97 Å². The molecule has 5 heteroatoms. The Balaban J connectivity index is 2.11. The van der Waals surface area contributed by atoms with E-state index in [9.17, 15) is 4.79 Å². The maximum Gasteiger partial charge on any atom is 0.338 e. The van der Waals surface area contributed by atoms with Gasteiger partial charge in [0.1, 0.15) is 0 Å². The van der Waals surface area contributed by atoms with Crippen molar-refractivity contribution in [2.24, 2.45) is 0 Å². The van der Waals surface area contributed by atoms with E-state index in [-0.39, 0.29) is 11.6 Å². The van der Waals surface area contributed by atoms with Crippen LogP contribution in [0.25, 0.3) is 0 Å². The molecule has 1 aliphatic rings. The van der Waals surface area contributed by atoms with Gasteiger partial charge in [-0.3, -0.25) is 4.68 Å². The van der Waals surface area contributed by atoms with Crippen molar-refractivity contribution in [2.75, 3.05) is 13.2 Å². The fraction of sp³-hybridized carbons (Fsp3) is 0.556. The first-order valence-electron chi connectivity index (χ1n) is 4.62. The number of hydrogen-bond donors (Lipinski definition) is 1. The first kappa shape index (κ1) is 9.21. The zero-order valence-electron chi connectivity index (χ0n) is 7.72. The van der Waals surface area contributed by atoms with Gasteiger partial charge in [0, 0.05) is 19.4 Å². The summed E-state index contributed by atoms with van der Waals surface area (Å²) < 4.78 is 6.95. The normalized spacial score (nSPS) is 18.3. The summed E-state index contributed by atoms with van der Waals surface area (Å²) in [5.74, 6) is -0.927. The molecule has 5 nitrogen and oxygen atoms in total. The van der Waals surface area contributed by atoms with E-state index in [4.69, 9.17) is 9.84 Å². The zero-order valence-corrected chi connectivity index (χ0v) is 7.72. The van der Waals surface area contributed by atoms with Crippen LogP contribution < -0.4 is 0 Å². The monoisotopic (exact) mass is 196 g/mol. The van der Waals surface area contributed by atoms with Crippen LogP contribution in [0, 0.1) is 0 Å². The van der Waals surface area contributed by atoms with Gasteiger partial charge in [-0.25, -0.2) is 4.79 Å². The van der Waals surface area contributed by atoms with Crippen LogP contribution in [0.4, 0.5) is 0 Å². The highest BCUT2D eigenvalue weighted by Gasteiger charge is 2.17. The molecule has 1 fully saturated rings. The lowest BCUT2D eigenvalue weighted by molar-refractivity contribution is 0.0659. The summed E-state index contributed by atoms with van der Waals surface area (Å²) >= 11 is 0. The molecule has 0 aromatic carbocycles. The standard InChI is InChI=1S/C9H12N2O3/c12-9(13)7-5-10-11(6-7)8-1-3-14-4-2-8/h5-6,8H,1-4H2,(H,12,13). The molecular weight excluding hydrogens is 184 g/mol. The molecular formula is C9H12N2O3. The van der Waals surface area contributed by atoms with Crippen LogP contribution in [0.5, 0.6) is 0 Å². The molecule has 0 unspecified atom stereocenters. The Labute approximate surface area is 81.3 Å². The van der Waals surface area contributed by atoms with Crippen molar-refractivity contribution in [3.63, 3.8) is 0 Å². The van der Waals surface area contributed by atoms with Gasteiger partial charge < -0.3 is 9.84 Å². The molecule has 1 aliphatic heterocycles.